The van der Waals surface area contributed by atoms with Gasteiger partial charge in [-0.2, -0.15) is 0 Å². The zero-order chi connectivity index (χ0) is 23.4. The predicted molar refractivity (Wildman–Crippen MR) is 119 cm³/mol. The summed E-state index contributed by atoms with van der Waals surface area (Å²) in [5, 5.41) is 21.7. The van der Waals surface area contributed by atoms with Gasteiger partial charge in [-0.15, -0.1) is 0 Å². The molecule has 0 heterocycles. The van der Waals surface area contributed by atoms with Crippen LogP contribution in [0.5, 0.6) is 0 Å². The second-order valence-corrected chi connectivity index (χ2v) is 11.6. The van der Waals surface area contributed by atoms with Gasteiger partial charge >= 0.3 is 0 Å². The van der Waals surface area contributed by atoms with Crippen molar-refractivity contribution in [2.24, 2.45) is 17.8 Å². The molecule has 0 radical (unpaired) electrons. The Morgan fingerprint density at radius 1 is 1.22 bits per heavy atom. The summed E-state index contributed by atoms with van der Waals surface area (Å²) in [4.78, 5) is 12.6. The molecule has 3 N–H and O–H groups in total. The second kappa shape index (κ2) is 8.09. The third-order valence-electron chi connectivity index (χ3n) is 7.22. The third kappa shape index (κ3) is 3.73. The van der Waals surface area contributed by atoms with Crippen LogP contribution in [0.15, 0.2) is 41.3 Å². The monoisotopic (exact) mass is 481 g/mol. The molecule has 3 saturated carbocycles. The minimum atomic E-state index is -3.82. The number of anilines is 1. The standard InChI is InChI=1S/C23H25ClFNO5S/c1-12-17-9-16(10-18(12)23(17,2)29)32(30,31)21-8-13(3-5-19(21)24)22(28)26-15-4-6-20(25)14(7-15)11-27/h3-8,12,16-18,27,29H,9-11H2,1-2H3,(H,26,28)/t12-,16?,17?,18?,23+. The van der Waals surface area contributed by atoms with E-state index < -0.39 is 39.0 Å². The van der Waals surface area contributed by atoms with E-state index in [1.165, 1.54) is 30.3 Å². The SMILES string of the molecule is C[C@H]1C2CC(S(=O)(=O)c3cc(C(=O)Nc4ccc(F)c(CO)c4)ccc3Cl)CC1[C@]2(C)O. The van der Waals surface area contributed by atoms with Crippen molar-refractivity contribution in [3.63, 3.8) is 0 Å². The van der Waals surface area contributed by atoms with Crippen molar-refractivity contribution >= 4 is 33.0 Å². The Morgan fingerprint density at radius 3 is 2.47 bits per heavy atom. The molecule has 5 rings (SSSR count). The smallest absolute Gasteiger partial charge is 0.255 e. The van der Waals surface area contributed by atoms with Crippen molar-refractivity contribution in [1.29, 1.82) is 0 Å². The van der Waals surface area contributed by atoms with Crippen LogP contribution < -0.4 is 5.32 Å². The topological polar surface area (TPSA) is 104 Å². The quantitative estimate of drug-likeness (QED) is 0.602. The fourth-order valence-corrected chi connectivity index (χ4v) is 7.69. The lowest BCUT2D eigenvalue weighted by molar-refractivity contribution is -0.204. The maximum atomic E-state index is 13.6. The first-order valence-corrected chi connectivity index (χ1v) is 12.4. The number of hydrogen-bond donors (Lipinski definition) is 3. The van der Waals surface area contributed by atoms with E-state index in [1.807, 2.05) is 6.92 Å². The normalized spacial score (nSPS) is 29.3. The Bertz CT molecular complexity index is 1170. The highest BCUT2D eigenvalue weighted by Crippen LogP contribution is 2.59. The van der Waals surface area contributed by atoms with Crippen LogP contribution in [0, 0.1) is 23.6 Å². The number of rotatable bonds is 5. The van der Waals surface area contributed by atoms with Crippen LogP contribution in [0.1, 0.15) is 42.6 Å². The molecule has 1 amide bonds. The number of aliphatic hydroxyl groups is 2. The molecule has 6 nitrogen and oxygen atoms in total. The van der Waals surface area contributed by atoms with E-state index in [9.17, 15) is 27.8 Å². The lowest BCUT2D eigenvalue weighted by atomic mass is 9.48. The molecule has 3 aliphatic rings. The molecule has 2 bridgehead atoms. The maximum Gasteiger partial charge on any atom is 0.255 e. The van der Waals surface area contributed by atoms with Crippen LogP contribution >= 0.6 is 11.6 Å². The summed E-state index contributed by atoms with van der Waals surface area (Å²) in [5.41, 5.74) is -0.463. The Labute approximate surface area is 191 Å². The molecule has 3 fully saturated rings. The molecule has 0 spiro atoms. The van der Waals surface area contributed by atoms with Gasteiger partial charge in [-0.1, -0.05) is 18.5 Å². The molecule has 172 valence electrons. The maximum absolute atomic E-state index is 13.6. The molecular formula is C23H25ClFNO5S. The largest absolute Gasteiger partial charge is 0.392 e. The van der Waals surface area contributed by atoms with Crippen molar-refractivity contribution < 1.29 is 27.8 Å². The van der Waals surface area contributed by atoms with Crippen LogP contribution in [0.3, 0.4) is 0 Å². The summed E-state index contributed by atoms with van der Waals surface area (Å²) in [7, 11) is -3.82. The highest BCUT2D eigenvalue weighted by molar-refractivity contribution is 7.92. The van der Waals surface area contributed by atoms with Crippen LogP contribution in [0.25, 0.3) is 0 Å². The molecule has 3 aliphatic carbocycles. The predicted octanol–water partition coefficient (Wildman–Crippen LogP) is 3.79. The Hall–Kier alpha value is -2.00. The number of amides is 1. The minimum absolute atomic E-state index is 0.0307. The molecule has 2 atom stereocenters. The average molecular weight is 482 g/mol. The second-order valence-electron chi connectivity index (χ2n) is 9.00. The van der Waals surface area contributed by atoms with Gasteiger partial charge in [0.05, 0.1) is 27.4 Å². The summed E-state index contributed by atoms with van der Waals surface area (Å²) < 4.78 is 40.3. The molecular weight excluding hydrogens is 457 g/mol. The molecule has 0 aromatic heterocycles. The van der Waals surface area contributed by atoms with E-state index in [0.29, 0.717) is 12.8 Å². The van der Waals surface area contributed by atoms with E-state index in [2.05, 4.69) is 5.32 Å². The minimum Gasteiger partial charge on any atom is -0.392 e. The Morgan fingerprint density at radius 2 is 1.88 bits per heavy atom. The fourth-order valence-electron chi connectivity index (χ4n) is 5.34. The zero-order valence-corrected chi connectivity index (χ0v) is 19.3. The molecule has 2 aromatic rings. The van der Waals surface area contributed by atoms with Crippen LogP contribution in [0.2, 0.25) is 5.02 Å². The van der Waals surface area contributed by atoms with Gasteiger partial charge in [-0.05, 0) is 73.9 Å². The van der Waals surface area contributed by atoms with Crippen molar-refractivity contribution in [1.82, 2.24) is 0 Å². The van der Waals surface area contributed by atoms with Crippen molar-refractivity contribution in [3.8, 4) is 0 Å². The number of halogens is 2. The summed E-state index contributed by atoms with van der Waals surface area (Å²) in [6.07, 6.45) is 0.693. The van der Waals surface area contributed by atoms with Gasteiger partial charge in [0.25, 0.3) is 5.91 Å². The highest BCUT2D eigenvalue weighted by Gasteiger charge is 2.61. The lowest BCUT2D eigenvalue weighted by Gasteiger charge is -2.61. The van der Waals surface area contributed by atoms with E-state index in [0.717, 1.165) is 6.07 Å². The lowest BCUT2D eigenvalue weighted by Crippen LogP contribution is -2.65. The van der Waals surface area contributed by atoms with Gasteiger partial charge in [0.15, 0.2) is 9.84 Å². The van der Waals surface area contributed by atoms with Gasteiger partial charge < -0.3 is 15.5 Å². The average Bonchev–Trinajstić information content (AvgIpc) is 2.75. The zero-order valence-electron chi connectivity index (χ0n) is 17.7. The number of sulfone groups is 1. The molecule has 9 heteroatoms. The summed E-state index contributed by atoms with van der Waals surface area (Å²) >= 11 is 6.22. The highest BCUT2D eigenvalue weighted by atomic mass is 35.5. The summed E-state index contributed by atoms with van der Waals surface area (Å²) in [5.74, 6) is -1.10. The van der Waals surface area contributed by atoms with Gasteiger partial charge in [-0.25, -0.2) is 12.8 Å². The van der Waals surface area contributed by atoms with Gasteiger partial charge in [0.1, 0.15) is 5.82 Å². The fraction of sp³-hybridized carbons (Fsp3) is 0.435. The number of carbonyl (C=O) groups is 1. The first-order chi connectivity index (χ1) is 15.0. The molecule has 2 aromatic carbocycles. The number of aliphatic hydroxyl groups excluding tert-OH is 1. The first kappa shape index (κ1) is 23.2. The number of nitrogens with one attached hydrogen (secondary N) is 1. The molecule has 0 aliphatic heterocycles. The molecule has 2 unspecified atom stereocenters. The summed E-state index contributed by atoms with van der Waals surface area (Å²) in [6.45, 7) is 3.28. The van der Waals surface area contributed by atoms with E-state index >= 15 is 0 Å². The summed E-state index contributed by atoms with van der Waals surface area (Å²) in [6, 6.07) is 7.83. The van der Waals surface area contributed by atoms with E-state index in [1.54, 1.807) is 6.92 Å². The number of carbonyl (C=O) groups excluding carboxylic acids is 1. The van der Waals surface area contributed by atoms with Gasteiger partial charge in [0, 0.05) is 16.8 Å². The van der Waals surface area contributed by atoms with Crippen LogP contribution in [-0.4, -0.2) is 35.4 Å². The van der Waals surface area contributed by atoms with Crippen molar-refractivity contribution in [2.75, 3.05) is 5.32 Å². The first-order valence-electron chi connectivity index (χ1n) is 10.4. The molecule has 0 saturated heterocycles. The van der Waals surface area contributed by atoms with Crippen LogP contribution in [-0.2, 0) is 16.4 Å². The molecule has 32 heavy (non-hydrogen) atoms. The number of fused-ring (bicyclic) bond motifs is 2. The van der Waals surface area contributed by atoms with Crippen molar-refractivity contribution in [2.45, 2.75) is 49.0 Å². The van der Waals surface area contributed by atoms with Gasteiger partial charge in [0.2, 0.25) is 0 Å². The van der Waals surface area contributed by atoms with Gasteiger partial charge in [-0.3, -0.25) is 4.79 Å². The van der Waals surface area contributed by atoms with Crippen molar-refractivity contribution in [3.05, 3.63) is 58.4 Å². The Kier molecular flexibility index (Phi) is 5.86. The number of hydrogen-bond acceptors (Lipinski definition) is 5. The third-order valence-corrected chi connectivity index (χ3v) is 9.87. The van der Waals surface area contributed by atoms with Crippen LogP contribution in [0.4, 0.5) is 10.1 Å². The van der Waals surface area contributed by atoms with E-state index in [4.69, 9.17) is 11.6 Å². The van der Waals surface area contributed by atoms with E-state index in [-0.39, 0.29) is 44.5 Å². The number of benzene rings is 2. The Balaban J connectivity index is 1.58.